The van der Waals surface area contributed by atoms with E-state index in [-0.39, 0.29) is 24.6 Å². The molecule has 0 fully saturated rings. The third kappa shape index (κ3) is 2.31. The first kappa shape index (κ1) is 16.3. The fourth-order valence-corrected chi connectivity index (χ4v) is 3.86. The first-order valence-electron chi connectivity index (χ1n) is 7.72. The minimum atomic E-state index is -0.556. The summed E-state index contributed by atoms with van der Waals surface area (Å²) in [5.41, 5.74) is 2.14. The number of halogens is 2. The van der Waals surface area contributed by atoms with Gasteiger partial charge in [0.1, 0.15) is 18.2 Å². The number of hydrogen-bond donors (Lipinski definition) is 1. The van der Waals surface area contributed by atoms with Crippen LogP contribution in [0.15, 0.2) is 38.7 Å². The standard InChI is InChI=1S/C17H15BrFN3O3/c1-21-16-15(17(24)22(21)2)13(8-3-4-10(19)9(18)5-8)14-11(20-16)6-25-7-12(14)23/h3-5,13,20H,6-7H2,1-2H3. The number of nitrogens with one attached hydrogen (secondary N) is 1. The lowest BCUT2D eigenvalue weighted by Crippen LogP contribution is -2.34. The first-order valence-corrected chi connectivity index (χ1v) is 8.51. The summed E-state index contributed by atoms with van der Waals surface area (Å²) in [6, 6.07) is 4.56. The van der Waals surface area contributed by atoms with Gasteiger partial charge in [0.25, 0.3) is 5.56 Å². The van der Waals surface area contributed by atoms with E-state index in [2.05, 4.69) is 21.2 Å². The van der Waals surface area contributed by atoms with Crippen molar-refractivity contribution in [2.75, 3.05) is 18.5 Å². The number of carbonyl (C=O) groups excluding carboxylic acids is 1. The third-order valence-electron chi connectivity index (χ3n) is 4.78. The highest BCUT2D eigenvalue weighted by Gasteiger charge is 2.39. The summed E-state index contributed by atoms with van der Waals surface area (Å²) in [7, 11) is 3.43. The van der Waals surface area contributed by atoms with Crippen LogP contribution in [-0.2, 0) is 23.6 Å². The van der Waals surface area contributed by atoms with Gasteiger partial charge in [-0.3, -0.25) is 19.0 Å². The third-order valence-corrected chi connectivity index (χ3v) is 5.39. The normalized spacial score (nSPS) is 19.5. The van der Waals surface area contributed by atoms with Crippen LogP contribution in [0.1, 0.15) is 17.0 Å². The molecule has 2 aromatic rings. The second-order valence-electron chi connectivity index (χ2n) is 6.15. The maximum atomic E-state index is 13.7. The molecule has 0 bridgehead atoms. The van der Waals surface area contributed by atoms with Crippen molar-refractivity contribution in [3.63, 3.8) is 0 Å². The lowest BCUT2D eigenvalue weighted by molar-refractivity contribution is -0.121. The van der Waals surface area contributed by atoms with E-state index in [0.29, 0.717) is 32.7 Å². The predicted molar refractivity (Wildman–Crippen MR) is 93.1 cm³/mol. The Labute approximate surface area is 151 Å². The van der Waals surface area contributed by atoms with E-state index in [0.717, 1.165) is 0 Å². The van der Waals surface area contributed by atoms with Crippen LogP contribution in [0.5, 0.6) is 0 Å². The smallest absolute Gasteiger partial charge is 0.272 e. The maximum Gasteiger partial charge on any atom is 0.272 e. The van der Waals surface area contributed by atoms with Gasteiger partial charge in [-0.1, -0.05) is 6.07 Å². The van der Waals surface area contributed by atoms with Gasteiger partial charge >= 0.3 is 0 Å². The zero-order valence-electron chi connectivity index (χ0n) is 13.6. The molecule has 0 spiro atoms. The van der Waals surface area contributed by atoms with Gasteiger partial charge in [0.15, 0.2) is 5.78 Å². The molecule has 1 unspecified atom stereocenters. The molecule has 1 aromatic heterocycles. The number of rotatable bonds is 1. The summed E-state index contributed by atoms with van der Waals surface area (Å²) in [6.07, 6.45) is 0. The summed E-state index contributed by atoms with van der Waals surface area (Å²) in [4.78, 5) is 25.4. The number of benzene rings is 1. The number of carbonyl (C=O) groups is 1. The van der Waals surface area contributed by atoms with Crippen molar-refractivity contribution in [3.05, 3.63) is 61.2 Å². The van der Waals surface area contributed by atoms with Crippen molar-refractivity contribution in [1.82, 2.24) is 9.36 Å². The van der Waals surface area contributed by atoms with E-state index >= 15 is 0 Å². The lowest BCUT2D eigenvalue weighted by Gasteiger charge is -2.31. The van der Waals surface area contributed by atoms with E-state index in [4.69, 9.17) is 4.74 Å². The SMILES string of the molecule is Cn1c2c(c(=O)n1C)C(c1ccc(F)c(Br)c1)C1=C(COCC1=O)N2. The van der Waals surface area contributed by atoms with Gasteiger partial charge in [-0.2, -0.15) is 0 Å². The number of fused-ring (bicyclic) bond motifs is 1. The quantitative estimate of drug-likeness (QED) is 0.785. The zero-order chi connectivity index (χ0) is 17.9. The number of Topliss-reactive ketones (excluding diaryl/α,β-unsaturated/α-hetero) is 1. The highest BCUT2D eigenvalue weighted by atomic mass is 79.9. The molecule has 1 atom stereocenters. The molecule has 1 aromatic carbocycles. The van der Waals surface area contributed by atoms with Crippen LogP contribution >= 0.6 is 15.9 Å². The van der Waals surface area contributed by atoms with Crippen molar-refractivity contribution in [2.45, 2.75) is 5.92 Å². The van der Waals surface area contributed by atoms with Crippen LogP contribution in [0.4, 0.5) is 10.2 Å². The molecular weight excluding hydrogens is 393 g/mol. The van der Waals surface area contributed by atoms with Gasteiger partial charge in [-0.05, 0) is 33.6 Å². The van der Waals surface area contributed by atoms with E-state index in [1.807, 2.05) is 0 Å². The summed E-state index contributed by atoms with van der Waals surface area (Å²) in [5, 5.41) is 3.18. The number of aromatic nitrogens is 2. The Balaban J connectivity index is 2.02. The van der Waals surface area contributed by atoms with Crippen LogP contribution < -0.4 is 10.9 Å². The van der Waals surface area contributed by atoms with E-state index < -0.39 is 11.7 Å². The van der Waals surface area contributed by atoms with Gasteiger partial charge in [-0.15, -0.1) is 0 Å². The maximum absolute atomic E-state index is 13.7. The Morgan fingerprint density at radius 2 is 2.00 bits per heavy atom. The Hall–Kier alpha value is -2.19. The molecule has 0 saturated carbocycles. The van der Waals surface area contributed by atoms with Crippen LogP contribution in [0.2, 0.25) is 0 Å². The number of hydrogen-bond acceptors (Lipinski definition) is 4. The largest absolute Gasteiger partial charge is 0.367 e. The van der Waals surface area contributed by atoms with Gasteiger partial charge in [0.05, 0.1) is 22.3 Å². The van der Waals surface area contributed by atoms with Crippen LogP contribution in [-0.4, -0.2) is 28.4 Å². The monoisotopic (exact) mass is 407 g/mol. The lowest BCUT2D eigenvalue weighted by atomic mass is 9.80. The molecule has 2 aliphatic heterocycles. The van der Waals surface area contributed by atoms with Crippen molar-refractivity contribution in [3.8, 4) is 0 Å². The molecule has 0 saturated heterocycles. The molecule has 1 N–H and O–H groups in total. The molecule has 3 heterocycles. The number of anilines is 1. The Bertz CT molecular complexity index is 1010. The number of ketones is 1. The highest BCUT2D eigenvalue weighted by Crippen LogP contribution is 2.42. The summed E-state index contributed by atoms with van der Waals surface area (Å²) in [6.45, 7) is 0.240. The molecule has 4 rings (SSSR count). The van der Waals surface area contributed by atoms with E-state index in [1.54, 1.807) is 30.9 Å². The topological polar surface area (TPSA) is 65.3 Å². The Morgan fingerprint density at radius 1 is 1.24 bits per heavy atom. The second kappa shape index (κ2) is 5.67. The molecule has 8 heteroatoms. The van der Waals surface area contributed by atoms with Crippen molar-refractivity contribution < 1.29 is 13.9 Å². The Kier molecular flexibility index (Phi) is 3.69. The van der Waals surface area contributed by atoms with E-state index in [9.17, 15) is 14.0 Å². The summed E-state index contributed by atoms with van der Waals surface area (Å²) in [5.74, 6) is -0.503. The van der Waals surface area contributed by atoms with Crippen LogP contribution in [0, 0.1) is 5.82 Å². The van der Waals surface area contributed by atoms with Crippen molar-refractivity contribution >= 4 is 27.5 Å². The van der Waals surface area contributed by atoms with Crippen molar-refractivity contribution in [1.29, 1.82) is 0 Å². The van der Waals surface area contributed by atoms with Crippen LogP contribution in [0.25, 0.3) is 0 Å². The molecule has 6 nitrogen and oxygen atoms in total. The molecule has 25 heavy (non-hydrogen) atoms. The van der Waals surface area contributed by atoms with Gasteiger partial charge in [0.2, 0.25) is 0 Å². The molecular formula is C17H15BrFN3O3. The minimum absolute atomic E-state index is 0.0259. The highest BCUT2D eigenvalue weighted by molar-refractivity contribution is 9.10. The van der Waals surface area contributed by atoms with Crippen LogP contribution in [0.3, 0.4) is 0 Å². The molecule has 2 aliphatic rings. The molecule has 0 radical (unpaired) electrons. The average molecular weight is 408 g/mol. The number of ether oxygens (including phenoxy) is 1. The summed E-state index contributed by atoms with van der Waals surface area (Å²) >= 11 is 3.19. The number of nitrogens with zero attached hydrogens (tertiary/aromatic N) is 2. The van der Waals surface area contributed by atoms with Gasteiger partial charge in [0, 0.05) is 25.6 Å². The molecule has 130 valence electrons. The second-order valence-corrected chi connectivity index (χ2v) is 7.01. The fourth-order valence-electron chi connectivity index (χ4n) is 3.47. The first-order chi connectivity index (χ1) is 11.9. The van der Waals surface area contributed by atoms with E-state index in [1.165, 1.54) is 10.7 Å². The zero-order valence-corrected chi connectivity index (χ0v) is 15.2. The fraction of sp³-hybridized carbons (Fsp3) is 0.294. The van der Waals surface area contributed by atoms with Gasteiger partial charge in [-0.25, -0.2) is 4.39 Å². The molecule has 0 amide bonds. The Morgan fingerprint density at radius 3 is 2.72 bits per heavy atom. The molecule has 0 aliphatic carbocycles. The summed E-state index contributed by atoms with van der Waals surface area (Å²) < 4.78 is 22.5. The minimum Gasteiger partial charge on any atom is -0.367 e. The van der Waals surface area contributed by atoms with Crippen molar-refractivity contribution in [2.24, 2.45) is 14.1 Å². The predicted octanol–water partition coefficient (Wildman–Crippen LogP) is 2.04. The van der Waals surface area contributed by atoms with Gasteiger partial charge < -0.3 is 10.1 Å². The average Bonchev–Trinajstić information content (AvgIpc) is 2.80.